The molecule has 11 nitrogen and oxygen atoms in total. The minimum absolute atomic E-state index is 0.0320. The van der Waals surface area contributed by atoms with Gasteiger partial charge in [-0.2, -0.15) is 0 Å². The lowest BCUT2D eigenvalue weighted by Gasteiger charge is -2.47. The number of rotatable bonds is 8. The topological polar surface area (TPSA) is 177 Å². The van der Waals surface area contributed by atoms with Crippen molar-refractivity contribution in [1.82, 2.24) is 9.88 Å². The lowest BCUT2D eigenvalue weighted by molar-refractivity contribution is -0.162. The number of nitrogens with two attached hydrogens (primary N) is 2. The zero-order valence-electron chi connectivity index (χ0n) is 21.7. The Labute approximate surface area is 219 Å². The fraction of sp³-hybridized carbons (Fsp3) is 0.538. The number of anilines is 1. The van der Waals surface area contributed by atoms with Crippen LogP contribution < -0.4 is 27.1 Å². The van der Waals surface area contributed by atoms with Crippen LogP contribution in [0.15, 0.2) is 17.1 Å². The molecule has 206 valence electrons. The molecule has 2 unspecified atom stereocenters. The van der Waals surface area contributed by atoms with Gasteiger partial charge in [-0.25, -0.2) is 9.18 Å². The third kappa shape index (κ3) is 5.04. The van der Waals surface area contributed by atoms with Gasteiger partial charge in [0, 0.05) is 42.7 Å². The van der Waals surface area contributed by atoms with E-state index in [-0.39, 0.29) is 23.1 Å². The largest absolute Gasteiger partial charge is 0.477 e. The van der Waals surface area contributed by atoms with E-state index in [4.69, 9.17) is 21.6 Å². The molecule has 4 rings (SSSR count). The number of aryl methyl sites for hydroxylation is 1. The van der Waals surface area contributed by atoms with E-state index in [9.17, 15) is 19.5 Å². The summed E-state index contributed by atoms with van der Waals surface area (Å²) in [6.45, 7) is 4.51. The van der Waals surface area contributed by atoms with Crippen LogP contribution in [-0.2, 0) is 16.0 Å². The average molecular weight is 531 g/mol. The molecule has 3 atom stereocenters. The quantitative estimate of drug-likeness (QED) is 0.148. The molecular formula is C26H35FN6O5. The molecule has 0 bridgehead atoms. The number of aromatic nitrogens is 1. The molecule has 2 aliphatic heterocycles. The first-order valence-electron chi connectivity index (χ1n) is 12.9. The Morgan fingerprint density at radius 2 is 2.13 bits per heavy atom. The summed E-state index contributed by atoms with van der Waals surface area (Å²) in [6.07, 6.45) is 5.28. The molecule has 0 spiro atoms. The highest BCUT2D eigenvalue weighted by Gasteiger charge is 2.42. The Morgan fingerprint density at radius 1 is 1.39 bits per heavy atom. The Bertz CT molecular complexity index is 1340. The number of esters is 1. The predicted molar refractivity (Wildman–Crippen MR) is 141 cm³/mol. The number of piperidine rings is 1. The summed E-state index contributed by atoms with van der Waals surface area (Å²) < 4.78 is 23.6. The van der Waals surface area contributed by atoms with Crippen LogP contribution in [0, 0.1) is 11.2 Å². The molecule has 1 aromatic heterocycles. The van der Waals surface area contributed by atoms with Gasteiger partial charge in [0.2, 0.25) is 5.43 Å². The van der Waals surface area contributed by atoms with Crippen LogP contribution in [0.5, 0.6) is 0 Å². The molecule has 2 aromatic rings. The summed E-state index contributed by atoms with van der Waals surface area (Å²) in [5.74, 6) is -2.77. The number of guanidine groups is 1. The summed E-state index contributed by atoms with van der Waals surface area (Å²) in [5.41, 5.74) is 10.5. The summed E-state index contributed by atoms with van der Waals surface area (Å²) in [4.78, 5) is 39.4. The van der Waals surface area contributed by atoms with Crippen molar-refractivity contribution in [2.45, 2.75) is 76.6 Å². The number of carbonyl (C=O) groups excluding carboxylic acids is 1. The van der Waals surface area contributed by atoms with E-state index >= 15 is 4.39 Å². The fourth-order valence-corrected chi connectivity index (χ4v) is 5.58. The summed E-state index contributed by atoms with van der Waals surface area (Å²) in [6, 6.07) is 0.134. The molecule has 12 heteroatoms. The number of ether oxygens (including phenoxy) is 1. The maximum Gasteiger partial charge on any atom is 0.341 e. The Morgan fingerprint density at radius 3 is 2.82 bits per heavy atom. The Balaban J connectivity index is 1.72. The third-order valence-electron chi connectivity index (χ3n) is 7.60. The van der Waals surface area contributed by atoms with Gasteiger partial charge in [0.25, 0.3) is 0 Å². The van der Waals surface area contributed by atoms with Crippen molar-refractivity contribution in [3.63, 3.8) is 0 Å². The molecule has 3 heterocycles. The van der Waals surface area contributed by atoms with Crippen molar-refractivity contribution in [3.05, 3.63) is 39.4 Å². The van der Waals surface area contributed by atoms with Crippen LogP contribution in [0.4, 0.5) is 10.1 Å². The molecule has 0 radical (unpaired) electrons. The summed E-state index contributed by atoms with van der Waals surface area (Å²) >= 11 is 0. The second-order valence-electron chi connectivity index (χ2n) is 10.3. The van der Waals surface area contributed by atoms with Gasteiger partial charge < -0.3 is 36.1 Å². The maximum absolute atomic E-state index is 15.9. The normalized spacial score (nSPS) is 21.7. The number of carboxylic acid groups (broad SMARTS) is 1. The number of carbonyl (C=O) groups is 2. The molecule has 0 saturated carbocycles. The molecule has 7 N–H and O–H groups in total. The standard InChI is InChI=1S/C26H35FN6O5/c1-14-7-8-15-20-16(22(34)17(23(35)36)13-32(14)20)12-18(27)21(15)33-11-4-3-9-26(33,2)38-24(37)19(28)6-5-10-31-25(29)30/h12-14,19H,3-11,28H2,1-2H3,(H,35,36)(H4,29,30,31)/t14?,19?,26-/m0/s1. The predicted octanol–water partition coefficient (Wildman–Crippen LogP) is 2.19. The van der Waals surface area contributed by atoms with Crippen molar-refractivity contribution >= 4 is 34.5 Å². The lowest BCUT2D eigenvalue weighted by atomic mass is 9.91. The lowest BCUT2D eigenvalue weighted by Crippen LogP contribution is -2.55. The molecule has 0 aliphatic carbocycles. The van der Waals surface area contributed by atoms with Crippen LogP contribution in [-0.4, -0.2) is 52.4 Å². The molecule has 1 aromatic carbocycles. The summed E-state index contributed by atoms with van der Waals surface area (Å²) in [5, 5.41) is 19.4. The van der Waals surface area contributed by atoms with Crippen molar-refractivity contribution < 1.29 is 23.8 Å². The highest BCUT2D eigenvalue weighted by atomic mass is 19.1. The van der Waals surface area contributed by atoms with Crippen LogP contribution >= 0.6 is 0 Å². The Hall–Kier alpha value is -3.67. The van der Waals surface area contributed by atoms with Crippen LogP contribution in [0.2, 0.25) is 0 Å². The van der Waals surface area contributed by atoms with Gasteiger partial charge in [-0.3, -0.25) is 15.0 Å². The van der Waals surface area contributed by atoms with Crippen molar-refractivity contribution in [2.24, 2.45) is 11.5 Å². The molecular weight excluding hydrogens is 495 g/mol. The van der Waals surface area contributed by atoms with Gasteiger partial charge in [0.15, 0.2) is 11.7 Å². The van der Waals surface area contributed by atoms with Crippen LogP contribution in [0.3, 0.4) is 0 Å². The zero-order chi connectivity index (χ0) is 27.8. The second-order valence-corrected chi connectivity index (χ2v) is 10.3. The zero-order valence-corrected chi connectivity index (χ0v) is 21.7. The summed E-state index contributed by atoms with van der Waals surface area (Å²) in [7, 11) is 0. The third-order valence-corrected chi connectivity index (χ3v) is 7.60. The molecule has 1 fully saturated rings. The number of aromatic carboxylic acids is 1. The minimum atomic E-state index is -1.35. The fourth-order valence-electron chi connectivity index (χ4n) is 5.58. The van der Waals surface area contributed by atoms with Gasteiger partial charge in [0.1, 0.15) is 17.4 Å². The van der Waals surface area contributed by atoms with E-state index in [0.717, 1.165) is 18.9 Å². The first-order chi connectivity index (χ1) is 17.9. The highest BCUT2D eigenvalue weighted by Crippen LogP contribution is 2.43. The number of halogens is 1. The number of nitrogens with one attached hydrogen (secondary N) is 2. The molecule has 2 aliphatic rings. The van der Waals surface area contributed by atoms with Crippen molar-refractivity contribution in [2.75, 3.05) is 18.0 Å². The van der Waals surface area contributed by atoms with Crippen LogP contribution in [0.25, 0.3) is 10.9 Å². The smallest absolute Gasteiger partial charge is 0.341 e. The van der Waals surface area contributed by atoms with Gasteiger partial charge in [0.05, 0.1) is 11.2 Å². The molecule has 38 heavy (non-hydrogen) atoms. The first-order valence-corrected chi connectivity index (χ1v) is 12.9. The number of hydrogen-bond donors (Lipinski definition) is 5. The maximum atomic E-state index is 15.9. The second kappa shape index (κ2) is 10.6. The number of nitrogens with zero attached hydrogens (tertiary/aromatic N) is 2. The van der Waals surface area contributed by atoms with E-state index in [1.165, 1.54) is 6.20 Å². The van der Waals surface area contributed by atoms with Gasteiger partial charge in [-0.1, -0.05) is 0 Å². The Kier molecular flexibility index (Phi) is 7.63. The monoisotopic (exact) mass is 530 g/mol. The van der Waals surface area contributed by atoms with E-state index in [2.05, 4.69) is 5.32 Å². The van der Waals surface area contributed by atoms with E-state index in [1.54, 1.807) is 16.4 Å². The number of hydrogen-bond acceptors (Lipinski definition) is 7. The van der Waals surface area contributed by atoms with Gasteiger partial charge >= 0.3 is 11.9 Å². The number of carboxylic acids is 1. The van der Waals surface area contributed by atoms with E-state index < -0.39 is 40.5 Å². The average Bonchev–Trinajstić information content (AvgIpc) is 2.85. The molecule has 1 saturated heterocycles. The van der Waals surface area contributed by atoms with Crippen molar-refractivity contribution in [3.8, 4) is 0 Å². The van der Waals surface area contributed by atoms with Gasteiger partial charge in [-0.05, 0) is 58.4 Å². The number of pyridine rings is 1. The first kappa shape index (κ1) is 27.4. The van der Waals surface area contributed by atoms with Gasteiger partial charge in [-0.15, -0.1) is 0 Å². The molecule has 0 amide bonds. The van der Waals surface area contributed by atoms with E-state index in [1.807, 2.05) is 6.92 Å². The highest BCUT2D eigenvalue weighted by molar-refractivity contribution is 5.95. The SMILES string of the molecule is CC1CCc2c(N3CCCC[C@]3(C)OC(=O)C(N)CCCNC(=N)N)c(F)cc3c(=O)c(C(=O)O)cn1c23. The number of benzene rings is 1. The van der Waals surface area contributed by atoms with Crippen LogP contribution in [0.1, 0.15) is 74.3 Å². The van der Waals surface area contributed by atoms with E-state index in [0.29, 0.717) is 56.3 Å². The van der Waals surface area contributed by atoms with Crippen molar-refractivity contribution in [1.29, 1.82) is 5.41 Å². The minimum Gasteiger partial charge on any atom is -0.477 e.